The van der Waals surface area contributed by atoms with Crippen molar-refractivity contribution in [2.24, 2.45) is 5.16 Å². The minimum atomic E-state index is 0.490. The second-order valence-electron chi connectivity index (χ2n) is 4.35. The molecule has 0 bridgehead atoms. The number of hydrogen-bond donors (Lipinski definition) is 1. The number of rotatable bonds is 10. The molecular weight excluding hydrogens is 274 g/mol. The number of methoxy groups -OCH3 is 2. The summed E-state index contributed by atoms with van der Waals surface area (Å²) in [5.74, 6) is 1.32. The normalized spacial score (nSPS) is 11.5. The number of ether oxygens (including phenoxy) is 4. The van der Waals surface area contributed by atoms with Gasteiger partial charge >= 0.3 is 0 Å². The van der Waals surface area contributed by atoms with Gasteiger partial charge in [0, 0.05) is 31.8 Å². The topological polar surface area (TPSA) is 69.5 Å². The largest absolute Gasteiger partial charge is 0.497 e. The van der Waals surface area contributed by atoms with E-state index in [9.17, 15) is 0 Å². The maximum absolute atomic E-state index is 8.90. The molecule has 0 aliphatic rings. The summed E-state index contributed by atoms with van der Waals surface area (Å²) >= 11 is 0. The van der Waals surface area contributed by atoms with E-state index in [1.54, 1.807) is 39.3 Å². The standard InChI is InChI=1S/C15H23NO5/c1-12(16-17)14-6-5-13(19-3)11-15(14)21-8-4-7-20-10-9-18-2/h5-6,11,17H,4,7-10H2,1-3H3/b16-12+. The summed E-state index contributed by atoms with van der Waals surface area (Å²) in [5, 5.41) is 12.1. The molecule has 1 aromatic rings. The Hall–Kier alpha value is -1.79. The van der Waals surface area contributed by atoms with Crippen LogP contribution in [0.25, 0.3) is 0 Å². The SMILES string of the molecule is COCCOCCCOc1cc(OC)ccc1/C(C)=N/O. The van der Waals surface area contributed by atoms with Gasteiger partial charge in [-0.05, 0) is 19.1 Å². The Morgan fingerprint density at radius 3 is 2.62 bits per heavy atom. The molecule has 0 aliphatic heterocycles. The highest BCUT2D eigenvalue weighted by Crippen LogP contribution is 2.25. The molecule has 0 fully saturated rings. The minimum Gasteiger partial charge on any atom is -0.497 e. The Balaban J connectivity index is 2.52. The molecule has 0 heterocycles. The monoisotopic (exact) mass is 297 g/mol. The Morgan fingerprint density at radius 2 is 1.95 bits per heavy atom. The average Bonchev–Trinajstić information content (AvgIpc) is 2.53. The van der Waals surface area contributed by atoms with Crippen molar-refractivity contribution in [2.45, 2.75) is 13.3 Å². The van der Waals surface area contributed by atoms with E-state index < -0.39 is 0 Å². The lowest BCUT2D eigenvalue weighted by Crippen LogP contribution is -2.08. The van der Waals surface area contributed by atoms with E-state index in [1.807, 2.05) is 0 Å². The molecule has 0 aromatic heterocycles. The van der Waals surface area contributed by atoms with Crippen molar-refractivity contribution in [1.82, 2.24) is 0 Å². The third kappa shape index (κ3) is 6.01. The van der Waals surface area contributed by atoms with Crippen LogP contribution < -0.4 is 9.47 Å². The maximum Gasteiger partial charge on any atom is 0.132 e. The summed E-state index contributed by atoms with van der Waals surface area (Å²) in [7, 11) is 3.23. The van der Waals surface area contributed by atoms with Crippen molar-refractivity contribution in [1.29, 1.82) is 0 Å². The predicted molar refractivity (Wildman–Crippen MR) is 79.8 cm³/mol. The van der Waals surface area contributed by atoms with Gasteiger partial charge in [-0.25, -0.2) is 0 Å². The summed E-state index contributed by atoms with van der Waals surface area (Å²) in [6.45, 7) is 3.99. The Kier molecular flexibility index (Phi) is 8.23. The number of oxime groups is 1. The molecule has 0 unspecified atom stereocenters. The Bertz CT molecular complexity index is 448. The highest BCUT2D eigenvalue weighted by Gasteiger charge is 2.09. The van der Waals surface area contributed by atoms with E-state index in [2.05, 4.69) is 5.16 Å². The van der Waals surface area contributed by atoms with Crippen molar-refractivity contribution in [2.75, 3.05) is 40.6 Å². The molecule has 118 valence electrons. The van der Waals surface area contributed by atoms with Gasteiger partial charge in [0.25, 0.3) is 0 Å². The van der Waals surface area contributed by atoms with Crippen molar-refractivity contribution in [3.63, 3.8) is 0 Å². The van der Waals surface area contributed by atoms with Gasteiger partial charge in [-0.2, -0.15) is 0 Å². The summed E-state index contributed by atoms with van der Waals surface area (Å²) in [6, 6.07) is 5.37. The fourth-order valence-electron chi connectivity index (χ4n) is 1.69. The molecule has 6 nitrogen and oxygen atoms in total. The molecule has 0 saturated carbocycles. The summed E-state index contributed by atoms with van der Waals surface area (Å²) in [5.41, 5.74) is 1.22. The second-order valence-corrected chi connectivity index (χ2v) is 4.35. The molecule has 21 heavy (non-hydrogen) atoms. The van der Waals surface area contributed by atoms with E-state index in [4.69, 9.17) is 24.2 Å². The lowest BCUT2D eigenvalue weighted by atomic mass is 10.1. The first-order valence-corrected chi connectivity index (χ1v) is 6.79. The molecule has 1 aromatic carbocycles. The van der Waals surface area contributed by atoms with Gasteiger partial charge in [-0.3, -0.25) is 0 Å². The zero-order valence-electron chi connectivity index (χ0n) is 12.8. The van der Waals surface area contributed by atoms with Crippen LogP contribution in [-0.4, -0.2) is 51.6 Å². The smallest absolute Gasteiger partial charge is 0.132 e. The minimum absolute atomic E-state index is 0.490. The van der Waals surface area contributed by atoms with Crippen LogP contribution in [0, 0.1) is 0 Å². The van der Waals surface area contributed by atoms with E-state index >= 15 is 0 Å². The van der Waals surface area contributed by atoms with Crippen LogP contribution >= 0.6 is 0 Å². The summed E-state index contributed by atoms with van der Waals surface area (Å²) < 4.78 is 21.2. The highest BCUT2D eigenvalue weighted by atomic mass is 16.5. The van der Waals surface area contributed by atoms with E-state index in [0.29, 0.717) is 43.6 Å². The number of hydrogen-bond acceptors (Lipinski definition) is 6. The lowest BCUT2D eigenvalue weighted by Gasteiger charge is -2.12. The highest BCUT2D eigenvalue weighted by molar-refractivity contribution is 6.00. The Labute approximate surface area is 125 Å². The van der Waals surface area contributed by atoms with Crippen molar-refractivity contribution in [3.8, 4) is 11.5 Å². The van der Waals surface area contributed by atoms with Gasteiger partial charge in [-0.1, -0.05) is 5.16 Å². The molecule has 0 atom stereocenters. The molecule has 0 aliphatic carbocycles. The van der Waals surface area contributed by atoms with Crippen LogP contribution in [0.5, 0.6) is 11.5 Å². The fraction of sp³-hybridized carbons (Fsp3) is 0.533. The first-order valence-electron chi connectivity index (χ1n) is 6.79. The van der Waals surface area contributed by atoms with Gasteiger partial charge in [0.1, 0.15) is 11.5 Å². The summed E-state index contributed by atoms with van der Waals surface area (Å²) in [6.07, 6.45) is 0.760. The number of nitrogens with zero attached hydrogens (tertiary/aromatic N) is 1. The van der Waals surface area contributed by atoms with Crippen LogP contribution in [-0.2, 0) is 9.47 Å². The zero-order chi connectivity index (χ0) is 15.5. The van der Waals surface area contributed by atoms with E-state index in [0.717, 1.165) is 12.0 Å². The Morgan fingerprint density at radius 1 is 1.14 bits per heavy atom. The molecule has 6 heteroatoms. The average molecular weight is 297 g/mol. The van der Waals surface area contributed by atoms with E-state index in [1.165, 1.54) is 0 Å². The van der Waals surface area contributed by atoms with Crippen molar-refractivity contribution in [3.05, 3.63) is 23.8 Å². The van der Waals surface area contributed by atoms with Crippen LogP contribution in [0.15, 0.2) is 23.4 Å². The quantitative estimate of drug-likeness (QED) is 0.311. The lowest BCUT2D eigenvalue weighted by molar-refractivity contribution is 0.0644. The zero-order valence-corrected chi connectivity index (χ0v) is 12.8. The second kappa shape index (κ2) is 10.0. The van der Waals surface area contributed by atoms with Crippen LogP contribution in [0.4, 0.5) is 0 Å². The predicted octanol–water partition coefficient (Wildman–Crippen LogP) is 2.33. The molecule has 0 radical (unpaired) electrons. The molecule has 0 amide bonds. The molecule has 1 N–H and O–H groups in total. The first-order chi connectivity index (χ1) is 10.2. The first kappa shape index (κ1) is 17.3. The van der Waals surface area contributed by atoms with Gasteiger partial charge in [0.05, 0.1) is 32.6 Å². The van der Waals surface area contributed by atoms with Gasteiger partial charge in [-0.15, -0.1) is 0 Å². The van der Waals surface area contributed by atoms with E-state index in [-0.39, 0.29) is 0 Å². The third-order valence-corrected chi connectivity index (χ3v) is 2.85. The summed E-state index contributed by atoms with van der Waals surface area (Å²) in [4.78, 5) is 0. The molecule has 1 rings (SSSR count). The van der Waals surface area contributed by atoms with Gasteiger partial charge in [0.15, 0.2) is 0 Å². The number of benzene rings is 1. The molecule has 0 spiro atoms. The van der Waals surface area contributed by atoms with Crippen LogP contribution in [0.2, 0.25) is 0 Å². The van der Waals surface area contributed by atoms with Crippen molar-refractivity contribution < 1.29 is 24.2 Å². The fourth-order valence-corrected chi connectivity index (χ4v) is 1.69. The van der Waals surface area contributed by atoms with Crippen LogP contribution in [0.3, 0.4) is 0 Å². The maximum atomic E-state index is 8.90. The third-order valence-electron chi connectivity index (χ3n) is 2.85. The van der Waals surface area contributed by atoms with Gasteiger partial charge < -0.3 is 24.2 Å². The molecular formula is C15H23NO5. The van der Waals surface area contributed by atoms with Gasteiger partial charge in [0.2, 0.25) is 0 Å². The van der Waals surface area contributed by atoms with Crippen molar-refractivity contribution >= 4 is 5.71 Å². The molecule has 0 saturated heterocycles. The van der Waals surface area contributed by atoms with Crippen LogP contribution in [0.1, 0.15) is 18.9 Å².